The van der Waals surface area contributed by atoms with E-state index < -0.39 is 5.41 Å². The van der Waals surface area contributed by atoms with Gasteiger partial charge in [-0.3, -0.25) is 9.78 Å². The van der Waals surface area contributed by atoms with Crippen molar-refractivity contribution in [2.75, 3.05) is 19.6 Å². The fourth-order valence-corrected chi connectivity index (χ4v) is 8.32. The molecule has 6 rings (SSSR count). The number of aromatic amines is 1. The first-order chi connectivity index (χ1) is 20.3. The molecular formula is C36H46N4OS. The average molecular weight is 583 g/mol. The van der Waals surface area contributed by atoms with Crippen molar-refractivity contribution in [2.45, 2.75) is 90.5 Å². The first-order valence-corrected chi connectivity index (χ1v) is 16.8. The summed E-state index contributed by atoms with van der Waals surface area (Å²) < 4.78 is 0. The third-order valence-corrected chi connectivity index (χ3v) is 11.0. The second-order valence-electron chi connectivity index (χ2n) is 13.2. The molecule has 0 radical (unpaired) electrons. The van der Waals surface area contributed by atoms with Gasteiger partial charge in [-0.25, -0.2) is 0 Å². The summed E-state index contributed by atoms with van der Waals surface area (Å²) in [5, 5.41) is 4.99. The van der Waals surface area contributed by atoms with E-state index in [2.05, 4.69) is 84.3 Å². The number of piperidine rings is 1. The maximum absolute atomic E-state index is 14.0. The third kappa shape index (κ3) is 5.93. The molecule has 1 saturated carbocycles. The number of nitrogens with zero attached hydrogens (tertiary/aromatic N) is 2. The number of hydrogen-bond acceptors (Lipinski definition) is 4. The van der Waals surface area contributed by atoms with Crippen LogP contribution >= 0.6 is 11.3 Å². The van der Waals surface area contributed by atoms with Crippen LogP contribution in [0.5, 0.6) is 0 Å². The highest BCUT2D eigenvalue weighted by molar-refractivity contribution is 7.19. The molecule has 0 spiro atoms. The lowest BCUT2D eigenvalue weighted by molar-refractivity contribution is -0.145. The van der Waals surface area contributed by atoms with Crippen molar-refractivity contribution in [3.8, 4) is 11.3 Å². The maximum Gasteiger partial charge on any atom is 0.233 e. The fraction of sp³-hybridized carbons (Fsp3) is 0.500. The van der Waals surface area contributed by atoms with Crippen LogP contribution in [0, 0.1) is 19.8 Å². The van der Waals surface area contributed by atoms with Gasteiger partial charge in [0, 0.05) is 35.2 Å². The van der Waals surface area contributed by atoms with E-state index in [1.165, 1.54) is 74.3 Å². The van der Waals surface area contributed by atoms with Gasteiger partial charge in [0.15, 0.2) is 0 Å². The van der Waals surface area contributed by atoms with E-state index >= 15 is 0 Å². The Labute approximate surface area is 255 Å². The van der Waals surface area contributed by atoms with Crippen LogP contribution in [-0.2, 0) is 23.1 Å². The van der Waals surface area contributed by atoms with E-state index in [-0.39, 0.29) is 0 Å². The van der Waals surface area contributed by atoms with E-state index in [1.807, 2.05) is 12.4 Å². The summed E-state index contributed by atoms with van der Waals surface area (Å²) in [5.41, 5.74) is 7.25. The number of fused-ring (bicyclic) bond motifs is 2. The number of benzene rings is 1. The van der Waals surface area contributed by atoms with Crippen LogP contribution in [0.3, 0.4) is 0 Å². The fourth-order valence-electron chi connectivity index (χ4n) is 7.14. The number of nitrogens with one attached hydrogen (secondary N) is 2. The lowest BCUT2D eigenvalue weighted by Crippen LogP contribution is -2.57. The largest absolute Gasteiger partial charge is 0.346 e. The Morgan fingerprint density at radius 1 is 1.02 bits per heavy atom. The topological polar surface area (TPSA) is 61.0 Å². The Hall–Kier alpha value is -2.96. The summed E-state index contributed by atoms with van der Waals surface area (Å²) in [7, 11) is 0. The van der Waals surface area contributed by atoms with E-state index in [4.69, 9.17) is 0 Å². The van der Waals surface area contributed by atoms with Crippen LogP contribution in [0.25, 0.3) is 21.5 Å². The Bertz CT molecular complexity index is 1510. The van der Waals surface area contributed by atoms with Gasteiger partial charge in [0.25, 0.3) is 0 Å². The zero-order valence-corrected chi connectivity index (χ0v) is 26.6. The molecule has 222 valence electrons. The number of likely N-dealkylation sites (tertiary alicyclic amines) is 1. The van der Waals surface area contributed by atoms with Crippen LogP contribution in [0.15, 0.2) is 48.8 Å². The van der Waals surface area contributed by atoms with Gasteiger partial charge in [-0.15, -0.1) is 11.3 Å². The molecule has 2 fully saturated rings. The number of amides is 1. The maximum atomic E-state index is 14.0. The van der Waals surface area contributed by atoms with Crippen LogP contribution in [-0.4, -0.2) is 46.5 Å². The van der Waals surface area contributed by atoms with Crippen molar-refractivity contribution in [1.82, 2.24) is 20.2 Å². The summed E-state index contributed by atoms with van der Waals surface area (Å²) in [6.45, 7) is 11.5. The van der Waals surface area contributed by atoms with E-state index in [0.29, 0.717) is 11.9 Å². The number of carbonyl (C=O) groups excluding carboxylic acids is 1. The van der Waals surface area contributed by atoms with Crippen molar-refractivity contribution in [3.63, 3.8) is 0 Å². The minimum absolute atomic E-state index is 0.310. The zero-order valence-electron chi connectivity index (χ0n) is 25.8. The van der Waals surface area contributed by atoms with Crippen molar-refractivity contribution in [2.24, 2.45) is 5.92 Å². The van der Waals surface area contributed by atoms with E-state index in [1.54, 1.807) is 11.3 Å². The molecule has 3 aromatic heterocycles. The Morgan fingerprint density at radius 2 is 1.81 bits per heavy atom. The predicted molar refractivity (Wildman–Crippen MR) is 175 cm³/mol. The summed E-state index contributed by atoms with van der Waals surface area (Å²) >= 11 is 1.77. The number of aromatic nitrogens is 2. The Balaban J connectivity index is 1.19. The number of rotatable bonds is 11. The molecule has 1 saturated heterocycles. The first-order valence-electron chi connectivity index (χ1n) is 16.0. The lowest BCUT2D eigenvalue weighted by atomic mass is 9.72. The lowest BCUT2D eigenvalue weighted by Gasteiger charge is -2.50. The van der Waals surface area contributed by atoms with Gasteiger partial charge in [-0.05, 0) is 145 Å². The van der Waals surface area contributed by atoms with Gasteiger partial charge >= 0.3 is 0 Å². The number of aryl methyl sites for hydroxylation is 3. The third-order valence-electron chi connectivity index (χ3n) is 9.64. The highest BCUT2D eigenvalue weighted by Crippen LogP contribution is 2.44. The number of thiophene rings is 1. The molecule has 2 N–H and O–H groups in total. The zero-order chi connectivity index (χ0) is 29.3. The van der Waals surface area contributed by atoms with Crippen molar-refractivity contribution in [1.29, 1.82) is 0 Å². The Morgan fingerprint density at radius 3 is 2.55 bits per heavy atom. The normalized spacial score (nSPS) is 18.7. The molecule has 6 heteroatoms. The van der Waals surface area contributed by atoms with Crippen LogP contribution in [0.2, 0.25) is 0 Å². The number of H-pyrrole nitrogens is 1. The van der Waals surface area contributed by atoms with Gasteiger partial charge in [-0.1, -0.05) is 17.2 Å². The molecule has 1 aliphatic heterocycles. The second-order valence-corrected chi connectivity index (χ2v) is 14.2. The molecular weight excluding hydrogens is 536 g/mol. The van der Waals surface area contributed by atoms with E-state index in [0.717, 1.165) is 51.2 Å². The molecule has 1 aliphatic carbocycles. The van der Waals surface area contributed by atoms with Crippen LogP contribution in [0.1, 0.15) is 79.5 Å². The van der Waals surface area contributed by atoms with Crippen LogP contribution < -0.4 is 5.32 Å². The molecule has 0 bridgehead atoms. The Kier molecular flexibility index (Phi) is 8.56. The quantitative estimate of drug-likeness (QED) is 0.178. The number of pyridine rings is 1. The average Bonchev–Trinajstić information content (AvgIpc) is 3.52. The number of hydrogen-bond donors (Lipinski definition) is 2. The number of unbranched alkanes of at least 4 members (excludes halogenated alkanes) is 1. The van der Waals surface area contributed by atoms with Crippen molar-refractivity contribution < 1.29 is 4.79 Å². The molecule has 42 heavy (non-hydrogen) atoms. The monoisotopic (exact) mass is 582 g/mol. The van der Waals surface area contributed by atoms with Gasteiger partial charge in [0.1, 0.15) is 4.83 Å². The van der Waals surface area contributed by atoms with Crippen molar-refractivity contribution >= 4 is 27.5 Å². The standard InChI is InChI=1S/C36H46N4OS/c1-24-20-25(2)22-28(21-24)33-29(14-18-37-15-6-5-8-26-12-16-38-17-13-26)30-23-32(42-34(30)39-33)36(3,4)35(41)40-19-7-9-27-10-11-31(27)40/h12-13,16-17,20-23,27,31,37,39H,5-11,14-15,18-19H2,1-4H3. The summed E-state index contributed by atoms with van der Waals surface area (Å²) in [4.78, 5) is 26.5. The van der Waals surface area contributed by atoms with Gasteiger partial charge < -0.3 is 15.2 Å². The predicted octanol–water partition coefficient (Wildman–Crippen LogP) is 7.74. The van der Waals surface area contributed by atoms with Gasteiger partial charge in [0.05, 0.1) is 11.1 Å². The highest BCUT2D eigenvalue weighted by atomic mass is 32.1. The molecule has 1 amide bonds. The smallest absolute Gasteiger partial charge is 0.233 e. The first kappa shape index (κ1) is 29.1. The summed E-state index contributed by atoms with van der Waals surface area (Å²) in [5.74, 6) is 1.04. The van der Waals surface area contributed by atoms with Gasteiger partial charge in [-0.2, -0.15) is 0 Å². The van der Waals surface area contributed by atoms with Crippen molar-refractivity contribution in [3.05, 3.63) is 75.9 Å². The summed E-state index contributed by atoms with van der Waals surface area (Å²) in [6.07, 6.45) is 13.1. The molecule has 2 unspecified atom stereocenters. The molecule has 2 aliphatic rings. The van der Waals surface area contributed by atoms with E-state index in [9.17, 15) is 4.79 Å². The van der Waals surface area contributed by atoms with Crippen LogP contribution in [0.4, 0.5) is 0 Å². The minimum atomic E-state index is -0.521. The van der Waals surface area contributed by atoms with Gasteiger partial charge in [0.2, 0.25) is 5.91 Å². The molecule has 5 nitrogen and oxygen atoms in total. The molecule has 4 heterocycles. The highest BCUT2D eigenvalue weighted by Gasteiger charge is 2.45. The SMILES string of the molecule is Cc1cc(C)cc(-c2[nH]c3sc(C(C)(C)C(=O)N4CCCC5CCC54)cc3c2CCNCCCCc2ccncc2)c1. The molecule has 2 atom stereocenters. The molecule has 4 aromatic rings. The number of carbonyl (C=O) groups is 1. The molecule has 1 aromatic carbocycles. The minimum Gasteiger partial charge on any atom is -0.346 e. The second kappa shape index (κ2) is 12.3. The summed E-state index contributed by atoms with van der Waals surface area (Å²) in [6, 6.07) is 13.8.